The third-order valence-corrected chi connectivity index (χ3v) is 4.04. The van der Waals surface area contributed by atoms with Gasteiger partial charge in [0.25, 0.3) is 0 Å². The highest BCUT2D eigenvalue weighted by Gasteiger charge is 2.24. The molecular formula is C17H23N3O3. The monoisotopic (exact) mass is 317 g/mol. The molecule has 2 aromatic rings. The van der Waals surface area contributed by atoms with Crippen LogP contribution in [0.2, 0.25) is 0 Å². The van der Waals surface area contributed by atoms with Crippen LogP contribution >= 0.6 is 0 Å². The van der Waals surface area contributed by atoms with E-state index in [9.17, 15) is 4.79 Å². The molecule has 1 saturated heterocycles. The standard InChI is InChI=1S/C17H23N3O3/c1-11(2)23-14-6-4-5-13-15(14)16(19-20(13)3)18-17(21)12-7-9-22-10-8-12/h4-6,11-12H,7-10H2,1-3H3,(H,18,19,21). The second-order valence-corrected chi connectivity index (χ2v) is 6.16. The van der Waals surface area contributed by atoms with Gasteiger partial charge in [0.15, 0.2) is 5.82 Å². The fourth-order valence-electron chi connectivity index (χ4n) is 2.90. The number of hydrogen-bond acceptors (Lipinski definition) is 4. The van der Waals surface area contributed by atoms with Gasteiger partial charge in [0.1, 0.15) is 5.75 Å². The van der Waals surface area contributed by atoms with Crippen LogP contribution in [0.3, 0.4) is 0 Å². The summed E-state index contributed by atoms with van der Waals surface area (Å²) in [6.45, 7) is 5.25. The lowest BCUT2D eigenvalue weighted by atomic mass is 9.99. The van der Waals surface area contributed by atoms with E-state index >= 15 is 0 Å². The molecule has 6 nitrogen and oxygen atoms in total. The number of aromatic nitrogens is 2. The van der Waals surface area contributed by atoms with Crippen LogP contribution in [0.25, 0.3) is 10.9 Å². The number of nitrogens with one attached hydrogen (secondary N) is 1. The first-order valence-corrected chi connectivity index (χ1v) is 8.07. The number of benzene rings is 1. The molecule has 0 unspecified atom stereocenters. The Morgan fingerprint density at radius 3 is 2.83 bits per heavy atom. The minimum absolute atomic E-state index is 0.00708. The van der Waals surface area contributed by atoms with E-state index in [1.54, 1.807) is 4.68 Å². The molecule has 0 spiro atoms. The van der Waals surface area contributed by atoms with E-state index in [0.29, 0.717) is 19.0 Å². The van der Waals surface area contributed by atoms with Gasteiger partial charge in [-0.1, -0.05) is 6.07 Å². The summed E-state index contributed by atoms with van der Waals surface area (Å²) >= 11 is 0. The molecule has 0 atom stereocenters. The largest absolute Gasteiger partial charge is 0.490 e. The van der Waals surface area contributed by atoms with Crippen molar-refractivity contribution in [2.45, 2.75) is 32.8 Å². The van der Waals surface area contributed by atoms with E-state index in [0.717, 1.165) is 29.5 Å². The van der Waals surface area contributed by atoms with E-state index in [2.05, 4.69) is 10.4 Å². The zero-order valence-corrected chi connectivity index (χ0v) is 13.8. The lowest BCUT2D eigenvalue weighted by molar-refractivity contribution is -0.122. The number of anilines is 1. The Hall–Kier alpha value is -2.08. The summed E-state index contributed by atoms with van der Waals surface area (Å²) in [6.07, 6.45) is 1.57. The summed E-state index contributed by atoms with van der Waals surface area (Å²) in [7, 11) is 1.87. The molecule has 2 heterocycles. The van der Waals surface area contributed by atoms with Gasteiger partial charge in [-0.15, -0.1) is 0 Å². The van der Waals surface area contributed by atoms with Gasteiger partial charge in [0, 0.05) is 26.2 Å². The first kappa shape index (κ1) is 15.8. The maximum Gasteiger partial charge on any atom is 0.228 e. The van der Waals surface area contributed by atoms with Crippen LogP contribution in [0.15, 0.2) is 18.2 Å². The average Bonchev–Trinajstić information content (AvgIpc) is 2.85. The molecule has 0 aliphatic carbocycles. The van der Waals surface area contributed by atoms with E-state index in [4.69, 9.17) is 9.47 Å². The maximum absolute atomic E-state index is 12.5. The highest BCUT2D eigenvalue weighted by Crippen LogP contribution is 2.33. The van der Waals surface area contributed by atoms with Crippen molar-refractivity contribution in [2.24, 2.45) is 13.0 Å². The zero-order valence-electron chi connectivity index (χ0n) is 13.8. The van der Waals surface area contributed by atoms with Crippen LogP contribution in [0.1, 0.15) is 26.7 Å². The molecule has 0 bridgehead atoms. The van der Waals surface area contributed by atoms with Crippen molar-refractivity contribution in [3.05, 3.63) is 18.2 Å². The van der Waals surface area contributed by atoms with E-state index in [1.165, 1.54) is 0 Å². The van der Waals surface area contributed by atoms with Gasteiger partial charge in [0.05, 0.1) is 17.0 Å². The molecule has 23 heavy (non-hydrogen) atoms. The normalized spacial score (nSPS) is 16.0. The Morgan fingerprint density at radius 2 is 2.13 bits per heavy atom. The van der Waals surface area contributed by atoms with Gasteiger partial charge < -0.3 is 14.8 Å². The smallest absolute Gasteiger partial charge is 0.228 e. The van der Waals surface area contributed by atoms with Crippen molar-refractivity contribution < 1.29 is 14.3 Å². The lowest BCUT2D eigenvalue weighted by Crippen LogP contribution is -2.28. The van der Waals surface area contributed by atoms with Crippen molar-refractivity contribution in [3.8, 4) is 5.75 Å². The molecule has 6 heteroatoms. The van der Waals surface area contributed by atoms with Crippen molar-refractivity contribution in [1.29, 1.82) is 0 Å². The molecule has 1 aromatic heterocycles. The Bertz CT molecular complexity index is 702. The van der Waals surface area contributed by atoms with Gasteiger partial charge in [-0.3, -0.25) is 9.48 Å². The van der Waals surface area contributed by atoms with Gasteiger partial charge in [-0.2, -0.15) is 5.10 Å². The second kappa shape index (κ2) is 6.58. The minimum atomic E-state index is -0.0148. The molecule has 1 aliphatic heterocycles. The third kappa shape index (κ3) is 3.32. The molecule has 0 radical (unpaired) electrons. The number of hydrogen-bond donors (Lipinski definition) is 1. The van der Waals surface area contributed by atoms with Gasteiger partial charge in [-0.05, 0) is 38.8 Å². The molecular weight excluding hydrogens is 294 g/mol. The number of carbonyl (C=O) groups is 1. The quantitative estimate of drug-likeness (QED) is 0.941. The van der Waals surface area contributed by atoms with Crippen molar-refractivity contribution in [3.63, 3.8) is 0 Å². The first-order chi connectivity index (χ1) is 11.1. The maximum atomic E-state index is 12.5. The van der Waals surface area contributed by atoms with E-state index < -0.39 is 0 Å². The zero-order chi connectivity index (χ0) is 16.4. The van der Waals surface area contributed by atoms with Gasteiger partial charge in [-0.25, -0.2) is 0 Å². The topological polar surface area (TPSA) is 65.4 Å². The molecule has 3 rings (SSSR count). The predicted molar refractivity (Wildman–Crippen MR) is 88.7 cm³/mol. The van der Waals surface area contributed by atoms with Crippen LogP contribution in [-0.4, -0.2) is 35.0 Å². The van der Waals surface area contributed by atoms with Crippen LogP contribution in [0, 0.1) is 5.92 Å². The Balaban J connectivity index is 1.92. The Kier molecular flexibility index (Phi) is 4.52. The number of amides is 1. The summed E-state index contributed by atoms with van der Waals surface area (Å²) in [6, 6.07) is 5.82. The number of carbonyl (C=O) groups excluding carboxylic acids is 1. The molecule has 124 valence electrons. The molecule has 1 aromatic carbocycles. The van der Waals surface area contributed by atoms with E-state index in [-0.39, 0.29) is 17.9 Å². The van der Waals surface area contributed by atoms with Crippen LogP contribution in [0.4, 0.5) is 5.82 Å². The van der Waals surface area contributed by atoms with Crippen LogP contribution in [0.5, 0.6) is 5.75 Å². The molecule has 1 fully saturated rings. The Morgan fingerprint density at radius 1 is 1.39 bits per heavy atom. The number of ether oxygens (including phenoxy) is 2. The lowest BCUT2D eigenvalue weighted by Gasteiger charge is -2.20. The van der Waals surface area contributed by atoms with Crippen molar-refractivity contribution in [2.75, 3.05) is 18.5 Å². The molecule has 1 amide bonds. The third-order valence-electron chi connectivity index (χ3n) is 4.04. The average molecular weight is 317 g/mol. The van der Waals surface area contributed by atoms with Crippen LogP contribution < -0.4 is 10.1 Å². The van der Waals surface area contributed by atoms with Gasteiger partial charge in [0.2, 0.25) is 5.91 Å². The summed E-state index contributed by atoms with van der Waals surface area (Å²) < 4.78 is 13.0. The van der Waals surface area contributed by atoms with Crippen LogP contribution in [-0.2, 0) is 16.6 Å². The molecule has 1 aliphatic rings. The first-order valence-electron chi connectivity index (χ1n) is 8.07. The number of fused-ring (bicyclic) bond motifs is 1. The second-order valence-electron chi connectivity index (χ2n) is 6.16. The Labute approximate surface area is 135 Å². The number of aryl methyl sites for hydroxylation is 1. The predicted octanol–water partition coefficient (Wildman–Crippen LogP) is 2.73. The molecule has 0 saturated carbocycles. The molecule has 1 N–H and O–H groups in total. The SMILES string of the molecule is CC(C)Oc1cccc2c1c(NC(=O)C1CCOCC1)nn2C. The van der Waals surface area contributed by atoms with Crippen molar-refractivity contribution in [1.82, 2.24) is 9.78 Å². The summed E-state index contributed by atoms with van der Waals surface area (Å²) in [5.74, 6) is 1.30. The number of rotatable bonds is 4. The summed E-state index contributed by atoms with van der Waals surface area (Å²) in [4.78, 5) is 12.5. The summed E-state index contributed by atoms with van der Waals surface area (Å²) in [5, 5.41) is 8.30. The number of nitrogens with zero attached hydrogens (tertiary/aromatic N) is 2. The van der Waals surface area contributed by atoms with E-state index in [1.807, 2.05) is 39.1 Å². The van der Waals surface area contributed by atoms with Gasteiger partial charge >= 0.3 is 0 Å². The highest BCUT2D eigenvalue weighted by molar-refractivity contribution is 6.03. The highest BCUT2D eigenvalue weighted by atomic mass is 16.5. The fourth-order valence-corrected chi connectivity index (χ4v) is 2.90. The summed E-state index contributed by atoms with van der Waals surface area (Å²) in [5.41, 5.74) is 0.936. The van der Waals surface area contributed by atoms with Crippen molar-refractivity contribution >= 4 is 22.6 Å². The minimum Gasteiger partial charge on any atom is -0.490 e. The fraction of sp³-hybridized carbons (Fsp3) is 0.529.